The molecule has 1 aromatic heterocycles. The molecule has 2 aromatic rings. The highest BCUT2D eigenvalue weighted by atomic mass is 79.9. The van der Waals surface area contributed by atoms with Crippen molar-refractivity contribution in [1.82, 2.24) is 4.98 Å². The third-order valence-corrected chi connectivity index (χ3v) is 4.82. The van der Waals surface area contributed by atoms with Crippen molar-refractivity contribution in [3.05, 3.63) is 57.8 Å². The van der Waals surface area contributed by atoms with Gasteiger partial charge in [-0.15, -0.1) is 0 Å². The number of benzene rings is 1. The number of carbonyl (C=O) groups excluding carboxylic acids is 1. The van der Waals surface area contributed by atoms with Crippen LogP contribution in [0.4, 0.5) is 0 Å². The number of hydrogen-bond donors (Lipinski definition) is 0. The Bertz CT molecular complexity index is 748. The molecule has 0 aliphatic heterocycles. The molecule has 0 saturated carbocycles. The van der Waals surface area contributed by atoms with Crippen molar-refractivity contribution in [3.63, 3.8) is 0 Å². The normalized spacial score (nSPS) is 11.9. The van der Waals surface area contributed by atoms with Crippen LogP contribution in [0.25, 0.3) is 0 Å². The summed E-state index contributed by atoms with van der Waals surface area (Å²) < 4.78 is 12.1. The molecule has 0 aliphatic rings. The number of aryl methyl sites for hydroxylation is 2. The van der Waals surface area contributed by atoms with Gasteiger partial charge in [-0.1, -0.05) is 25.5 Å². The lowest BCUT2D eigenvalue weighted by molar-refractivity contribution is -0.143. The van der Waals surface area contributed by atoms with Gasteiger partial charge in [0.15, 0.2) is 0 Å². The summed E-state index contributed by atoms with van der Waals surface area (Å²) in [7, 11) is 0. The van der Waals surface area contributed by atoms with E-state index >= 15 is 0 Å². The van der Waals surface area contributed by atoms with E-state index in [1.54, 1.807) is 0 Å². The lowest BCUT2D eigenvalue weighted by Crippen LogP contribution is -2.10. The van der Waals surface area contributed by atoms with Gasteiger partial charge >= 0.3 is 5.97 Å². The Morgan fingerprint density at radius 2 is 2.04 bits per heavy atom. The van der Waals surface area contributed by atoms with Crippen LogP contribution in [-0.2, 0) is 16.0 Å². The minimum absolute atomic E-state index is 0.0766. The van der Waals surface area contributed by atoms with E-state index in [-0.39, 0.29) is 12.1 Å². The monoisotopic (exact) mass is 433 g/mol. The second-order valence-electron chi connectivity index (χ2n) is 6.53. The van der Waals surface area contributed by atoms with Gasteiger partial charge in [-0.25, -0.2) is 4.98 Å². The van der Waals surface area contributed by atoms with E-state index in [0.29, 0.717) is 19.4 Å². The molecular formula is C22H28BrNO3. The first kappa shape index (κ1) is 21.4. The summed E-state index contributed by atoms with van der Waals surface area (Å²) >= 11 is 3.44. The summed E-state index contributed by atoms with van der Waals surface area (Å²) in [5, 5.41) is 0. The van der Waals surface area contributed by atoms with Crippen LogP contribution in [0.1, 0.15) is 62.5 Å². The van der Waals surface area contributed by atoms with Crippen LogP contribution in [0.15, 0.2) is 41.0 Å². The van der Waals surface area contributed by atoms with E-state index in [0.717, 1.165) is 46.4 Å². The minimum atomic E-state index is -0.155. The van der Waals surface area contributed by atoms with Gasteiger partial charge in [-0.3, -0.25) is 4.79 Å². The highest BCUT2D eigenvalue weighted by molar-refractivity contribution is 9.10. The fraction of sp³-hybridized carbons (Fsp3) is 0.455. The van der Waals surface area contributed by atoms with Gasteiger partial charge in [0.05, 0.1) is 12.3 Å². The predicted octanol–water partition coefficient (Wildman–Crippen LogP) is 5.96. The van der Waals surface area contributed by atoms with Crippen LogP contribution in [0, 0.1) is 6.92 Å². The number of hydrogen-bond acceptors (Lipinski definition) is 4. The van der Waals surface area contributed by atoms with Gasteiger partial charge in [0.1, 0.15) is 16.5 Å². The Kier molecular flexibility index (Phi) is 8.79. The number of esters is 1. The Labute approximate surface area is 170 Å². The zero-order valence-electron chi connectivity index (χ0n) is 16.3. The number of rotatable bonds is 10. The van der Waals surface area contributed by atoms with Crippen LogP contribution in [-0.4, -0.2) is 17.6 Å². The average molecular weight is 434 g/mol. The van der Waals surface area contributed by atoms with Crippen LogP contribution in [0.2, 0.25) is 0 Å². The van der Waals surface area contributed by atoms with Gasteiger partial charge in [-0.2, -0.15) is 0 Å². The van der Waals surface area contributed by atoms with Crippen molar-refractivity contribution in [2.45, 2.75) is 59.0 Å². The largest absolute Gasteiger partial charge is 0.484 e. The molecule has 0 saturated heterocycles. The minimum Gasteiger partial charge on any atom is -0.484 e. The molecule has 1 heterocycles. The molecule has 0 amide bonds. The first-order valence-electron chi connectivity index (χ1n) is 9.57. The first-order chi connectivity index (χ1) is 13.0. The quantitative estimate of drug-likeness (QED) is 0.342. The van der Waals surface area contributed by atoms with E-state index < -0.39 is 0 Å². The molecule has 2 rings (SSSR count). The second kappa shape index (κ2) is 11.1. The molecule has 1 unspecified atom stereocenters. The summed E-state index contributed by atoms with van der Waals surface area (Å²) in [6.07, 6.45) is 4.11. The Morgan fingerprint density at radius 3 is 2.70 bits per heavy atom. The highest BCUT2D eigenvalue weighted by Crippen LogP contribution is 2.28. The van der Waals surface area contributed by atoms with Crippen molar-refractivity contribution >= 4 is 21.9 Å². The molecule has 146 valence electrons. The molecule has 0 fully saturated rings. The Morgan fingerprint density at radius 1 is 1.22 bits per heavy atom. The van der Waals surface area contributed by atoms with Crippen molar-refractivity contribution in [3.8, 4) is 5.75 Å². The molecule has 0 spiro atoms. The third kappa shape index (κ3) is 6.98. The first-order valence-corrected chi connectivity index (χ1v) is 10.4. The van der Waals surface area contributed by atoms with Gasteiger partial charge in [0.25, 0.3) is 0 Å². The summed E-state index contributed by atoms with van der Waals surface area (Å²) in [5.74, 6) is 0.674. The van der Waals surface area contributed by atoms with Gasteiger partial charge < -0.3 is 9.47 Å². The third-order valence-electron chi connectivity index (χ3n) is 4.38. The Balaban J connectivity index is 2.08. The molecular weight excluding hydrogens is 406 g/mol. The van der Waals surface area contributed by atoms with E-state index in [9.17, 15) is 4.79 Å². The summed E-state index contributed by atoms with van der Waals surface area (Å²) in [6, 6.07) is 12.0. The van der Waals surface area contributed by atoms with Gasteiger partial charge in [0.2, 0.25) is 0 Å². The number of aromatic nitrogens is 1. The van der Waals surface area contributed by atoms with Crippen LogP contribution >= 0.6 is 15.9 Å². The van der Waals surface area contributed by atoms with Crippen molar-refractivity contribution in [2.75, 3.05) is 6.61 Å². The number of ether oxygens (including phenoxy) is 2. The van der Waals surface area contributed by atoms with E-state index in [1.165, 1.54) is 0 Å². The van der Waals surface area contributed by atoms with E-state index in [4.69, 9.17) is 9.47 Å². The second-order valence-corrected chi connectivity index (χ2v) is 7.34. The molecule has 5 heteroatoms. The maximum absolute atomic E-state index is 11.6. The number of unbranched alkanes of at least 4 members (excludes halogenated alkanes) is 1. The zero-order valence-corrected chi connectivity index (χ0v) is 17.9. The standard InChI is InChI=1S/C22H28BrNO3/c1-4-6-9-20(19-8-7-10-21(23)24-19)27-18-13-11-17(16(3)15-18)12-14-22(25)26-5-2/h7-8,10-11,13,15,20H,4-6,9,12,14H2,1-3H3. The molecule has 1 aromatic carbocycles. The zero-order chi connectivity index (χ0) is 19.6. The fourth-order valence-corrected chi connectivity index (χ4v) is 3.27. The smallest absolute Gasteiger partial charge is 0.306 e. The van der Waals surface area contributed by atoms with Gasteiger partial charge in [-0.05, 0) is 84.4 Å². The number of pyridine rings is 1. The molecule has 0 bridgehead atoms. The molecule has 27 heavy (non-hydrogen) atoms. The lowest BCUT2D eigenvalue weighted by Gasteiger charge is -2.20. The topological polar surface area (TPSA) is 48.4 Å². The molecule has 0 N–H and O–H groups in total. The summed E-state index contributed by atoms with van der Waals surface area (Å²) in [5.41, 5.74) is 3.19. The van der Waals surface area contributed by atoms with Gasteiger partial charge in [0, 0.05) is 6.42 Å². The number of carbonyl (C=O) groups is 1. The average Bonchev–Trinajstić information content (AvgIpc) is 2.64. The lowest BCUT2D eigenvalue weighted by atomic mass is 10.0. The summed E-state index contributed by atoms with van der Waals surface area (Å²) in [4.78, 5) is 16.1. The van der Waals surface area contributed by atoms with Crippen LogP contribution in [0.5, 0.6) is 5.75 Å². The van der Waals surface area contributed by atoms with Crippen molar-refractivity contribution < 1.29 is 14.3 Å². The van der Waals surface area contributed by atoms with Crippen molar-refractivity contribution in [2.24, 2.45) is 0 Å². The maximum Gasteiger partial charge on any atom is 0.306 e. The number of nitrogens with zero attached hydrogens (tertiary/aromatic N) is 1. The molecule has 1 atom stereocenters. The number of halogens is 1. The maximum atomic E-state index is 11.6. The predicted molar refractivity (Wildman–Crippen MR) is 111 cm³/mol. The van der Waals surface area contributed by atoms with Crippen LogP contribution < -0.4 is 4.74 Å². The highest BCUT2D eigenvalue weighted by Gasteiger charge is 2.16. The molecule has 4 nitrogen and oxygen atoms in total. The Hall–Kier alpha value is -1.88. The van der Waals surface area contributed by atoms with E-state index in [1.807, 2.05) is 50.2 Å². The van der Waals surface area contributed by atoms with Crippen molar-refractivity contribution in [1.29, 1.82) is 0 Å². The SMILES string of the molecule is CCCCC(Oc1ccc(CCC(=O)OCC)c(C)c1)c1cccc(Br)n1. The fourth-order valence-electron chi connectivity index (χ4n) is 2.92. The summed E-state index contributed by atoms with van der Waals surface area (Å²) in [6.45, 7) is 6.47. The van der Waals surface area contributed by atoms with E-state index in [2.05, 4.69) is 27.8 Å². The van der Waals surface area contributed by atoms with Crippen LogP contribution in [0.3, 0.4) is 0 Å². The molecule has 0 aliphatic carbocycles. The molecule has 0 radical (unpaired) electrons.